The first-order chi connectivity index (χ1) is 14.6. The van der Waals surface area contributed by atoms with Gasteiger partial charge in [-0.05, 0) is 18.9 Å². The molecule has 6 radical (unpaired) electrons. The van der Waals surface area contributed by atoms with Crippen molar-refractivity contribution in [1.82, 2.24) is 0 Å². The number of alkyl halides is 4. The van der Waals surface area contributed by atoms with Crippen molar-refractivity contribution in [3.8, 4) is 0 Å². The molecule has 2 nitrogen and oxygen atoms in total. The number of hydrogen-bond acceptors (Lipinski definition) is 2. The predicted molar refractivity (Wildman–Crippen MR) is 140 cm³/mol. The molecule has 0 atom stereocenters. The van der Waals surface area contributed by atoms with E-state index in [1.54, 1.807) is 0 Å². The van der Waals surface area contributed by atoms with Crippen LogP contribution in [0.3, 0.4) is 0 Å². The van der Waals surface area contributed by atoms with E-state index in [0.29, 0.717) is 19.0 Å². The molecule has 0 bridgehead atoms. The number of rotatable bonds is 24. The first-order valence-electron chi connectivity index (χ1n) is 11.5. The Balaban J connectivity index is 3.44. The average molecular weight is 551 g/mol. The lowest BCUT2D eigenvalue weighted by atomic mass is 10.1. The van der Waals surface area contributed by atoms with Gasteiger partial charge in [0, 0.05) is 22.7 Å². The van der Waals surface area contributed by atoms with Crippen LogP contribution in [0.5, 0.6) is 0 Å². The molecular formula is C21H40Cl4O2Si3. The molecule has 0 spiro atoms. The number of halogens is 4. The van der Waals surface area contributed by atoms with Gasteiger partial charge in [0.25, 0.3) is 0 Å². The summed E-state index contributed by atoms with van der Waals surface area (Å²) in [4.78, 5) is 0. The van der Waals surface area contributed by atoms with Gasteiger partial charge in [0.15, 0.2) is 6.29 Å². The van der Waals surface area contributed by atoms with E-state index in [-0.39, 0.29) is 15.2 Å². The molecule has 0 amide bonds. The van der Waals surface area contributed by atoms with Gasteiger partial charge in [-0.3, -0.25) is 0 Å². The average Bonchev–Trinajstić information content (AvgIpc) is 2.70. The van der Waals surface area contributed by atoms with E-state index in [2.05, 4.69) is 6.55 Å². The Morgan fingerprint density at radius 3 is 1.30 bits per heavy atom. The van der Waals surface area contributed by atoms with Gasteiger partial charge in [0.05, 0.1) is 28.0 Å². The van der Waals surface area contributed by atoms with Crippen LogP contribution in [-0.4, -0.2) is 57.0 Å². The van der Waals surface area contributed by atoms with Gasteiger partial charge in [-0.1, -0.05) is 82.8 Å². The monoisotopic (exact) mass is 548 g/mol. The van der Waals surface area contributed by atoms with Crippen molar-refractivity contribution in [2.75, 3.05) is 13.2 Å². The van der Waals surface area contributed by atoms with Crippen LogP contribution in [0, 0.1) is 0 Å². The minimum atomic E-state index is -0.169. The highest BCUT2D eigenvalue weighted by atomic mass is 35.5. The lowest BCUT2D eigenvalue weighted by Gasteiger charge is -2.18. The van der Waals surface area contributed by atoms with Gasteiger partial charge < -0.3 is 9.47 Å². The molecule has 30 heavy (non-hydrogen) atoms. The third-order valence-corrected chi connectivity index (χ3v) is 9.21. The third kappa shape index (κ3) is 26.0. The smallest absolute Gasteiger partial charge is 0.154 e. The Bertz CT molecular complexity index is 315. The topological polar surface area (TPSA) is 18.5 Å². The maximum Gasteiger partial charge on any atom is 0.154 e. The van der Waals surface area contributed by atoms with Gasteiger partial charge in [0.1, 0.15) is 0 Å². The van der Waals surface area contributed by atoms with Crippen LogP contribution in [-0.2, 0) is 9.47 Å². The second kappa shape index (κ2) is 25.4. The summed E-state index contributed by atoms with van der Waals surface area (Å²) in [5, 5.41) is 0. The third-order valence-electron chi connectivity index (χ3n) is 4.72. The maximum absolute atomic E-state index is 5.98. The molecule has 176 valence electrons. The van der Waals surface area contributed by atoms with Crippen LogP contribution in [0.4, 0.5) is 0 Å². The van der Waals surface area contributed by atoms with Crippen molar-refractivity contribution < 1.29 is 9.47 Å². The predicted octanol–water partition coefficient (Wildman–Crippen LogP) is 7.96. The SMILES string of the molecule is C[Si]CC(OCCCCCCCC[Si]C(Cl)Cl)OCCCCCCCC[Si]C(Cl)Cl. The highest BCUT2D eigenvalue weighted by Crippen LogP contribution is 2.12. The Labute approximate surface area is 213 Å². The first kappa shape index (κ1) is 31.7. The Morgan fingerprint density at radius 2 is 0.933 bits per heavy atom. The van der Waals surface area contributed by atoms with Gasteiger partial charge in [-0.25, -0.2) is 0 Å². The van der Waals surface area contributed by atoms with E-state index >= 15 is 0 Å². The zero-order valence-corrected chi connectivity index (χ0v) is 24.6. The Morgan fingerprint density at radius 1 is 0.567 bits per heavy atom. The van der Waals surface area contributed by atoms with E-state index in [1.807, 2.05) is 0 Å². The maximum atomic E-state index is 5.98. The molecule has 0 N–H and O–H groups in total. The fourth-order valence-corrected chi connectivity index (χ4v) is 6.28. The molecule has 0 aromatic carbocycles. The highest BCUT2D eigenvalue weighted by molar-refractivity contribution is 6.69. The van der Waals surface area contributed by atoms with Crippen LogP contribution in [0.25, 0.3) is 0 Å². The van der Waals surface area contributed by atoms with Crippen molar-refractivity contribution in [1.29, 1.82) is 0 Å². The number of ether oxygens (including phenoxy) is 2. The van der Waals surface area contributed by atoms with Crippen LogP contribution in [0.1, 0.15) is 77.0 Å². The summed E-state index contributed by atoms with van der Waals surface area (Å²) in [6.07, 6.45) is 15.0. The van der Waals surface area contributed by atoms with Gasteiger partial charge in [0.2, 0.25) is 0 Å². The molecular weight excluding hydrogens is 510 g/mol. The summed E-state index contributed by atoms with van der Waals surface area (Å²) in [6, 6.07) is 3.36. The molecule has 0 heterocycles. The molecule has 0 fully saturated rings. The van der Waals surface area contributed by atoms with Crippen molar-refractivity contribution in [2.45, 2.75) is 117 Å². The largest absolute Gasteiger partial charge is 0.353 e. The van der Waals surface area contributed by atoms with E-state index < -0.39 is 0 Å². The van der Waals surface area contributed by atoms with Crippen molar-refractivity contribution in [3.05, 3.63) is 0 Å². The molecule has 0 unspecified atom stereocenters. The van der Waals surface area contributed by atoms with Crippen LogP contribution in [0.2, 0.25) is 24.7 Å². The van der Waals surface area contributed by atoms with Gasteiger partial charge in [-0.15, -0.1) is 46.4 Å². The van der Waals surface area contributed by atoms with Crippen LogP contribution in [0.15, 0.2) is 0 Å². The number of unbranched alkanes of at least 4 members (excludes halogenated alkanes) is 10. The minimum absolute atomic E-state index is 0.00609. The number of hydrogen-bond donors (Lipinski definition) is 0. The summed E-state index contributed by atoms with van der Waals surface area (Å²) < 4.78 is 11.6. The van der Waals surface area contributed by atoms with Gasteiger partial charge >= 0.3 is 0 Å². The van der Waals surface area contributed by atoms with Gasteiger partial charge in [-0.2, -0.15) is 0 Å². The lowest BCUT2D eigenvalue weighted by molar-refractivity contribution is -0.131. The molecule has 0 saturated heterocycles. The second-order valence-electron chi connectivity index (χ2n) is 7.48. The molecule has 0 aliphatic carbocycles. The normalized spacial score (nSPS) is 12.0. The minimum Gasteiger partial charge on any atom is -0.353 e. The van der Waals surface area contributed by atoms with Crippen molar-refractivity contribution >= 4 is 75.0 Å². The second-order valence-corrected chi connectivity index (χ2v) is 15.2. The zero-order valence-electron chi connectivity index (χ0n) is 18.6. The fraction of sp³-hybridized carbons (Fsp3) is 1.00. The highest BCUT2D eigenvalue weighted by Gasteiger charge is 2.08. The van der Waals surface area contributed by atoms with E-state index in [9.17, 15) is 0 Å². The molecule has 0 aromatic rings. The van der Waals surface area contributed by atoms with Crippen LogP contribution < -0.4 is 0 Å². The fourth-order valence-electron chi connectivity index (χ4n) is 3.05. The summed E-state index contributed by atoms with van der Waals surface area (Å²) in [7, 11) is 2.24. The molecule has 0 aliphatic rings. The van der Waals surface area contributed by atoms with Crippen molar-refractivity contribution in [2.24, 2.45) is 0 Å². The molecule has 9 heteroatoms. The lowest BCUT2D eigenvalue weighted by Crippen LogP contribution is -2.19. The molecule has 0 saturated carbocycles. The standard InChI is InChI=1S/C21H40Cl4O2Si3/c1-28-18-19(26-14-10-6-2-4-8-12-16-29-20(22)23)27-15-11-7-3-5-9-13-17-30-21(24)25/h19-21H,2-18H2,1H3. The quantitative estimate of drug-likeness (QED) is 0.0525. The first-order valence-corrected chi connectivity index (χ1v) is 17.5. The molecule has 0 aliphatic heterocycles. The van der Waals surface area contributed by atoms with E-state index in [1.165, 1.54) is 76.3 Å². The molecule has 0 aromatic heterocycles. The summed E-state index contributed by atoms with van der Waals surface area (Å²) in [5.74, 6) is 0. The molecule has 0 rings (SSSR count). The summed E-state index contributed by atoms with van der Waals surface area (Å²) in [6.45, 7) is 3.86. The zero-order chi connectivity index (χ0) is 22.3. The van der Waals surface area contributed by atoms with E-state index in [0.717, 1.165) is 41.6 Å². The Hall–Kier alpha value is 1.73. The summed E-state index contributed by atoms with van der Waals surface area (Å²) >= 11 is 23.0. The van der Waals surface area contributed by atoms with E-state index in [4.69, 9.17) is 55.9 Å². The van der Waals surface area contributed by atoms with Crippen LogP contribution >= 0.6 is 46.4 Å². The Kier molecular flexibility index (Phi) is 26.8. The van der Waals surface area contributed by atoms with Crippen molar-refractivity contribution in [3.63, 3.8) is 0 Å². The summed E-state index contributed by atoms with van der Waals surface area (Å²) in [5.41, 5.74) is 0.